The Hall–Kier alpha value is 0.170. The quantitative estimate of drug-likeness (QED) is 0.752. The standard InChI is InChI=1S/C10H18N2S2/c1-2-3-4-5-9-12-8(6-13-9)7-14-10(12)11/h8-9,11H,2-7H2,1H3/t8-,9+/m1/s1. The molecule has 80 valence electrons. The molecule has 4 heteroatoms. The van der Waals surface area contributed by atoms with Crippen LogP contribution in [0.15, 0.2) is 0 Å². The molecule has 0 aromatic heterocycles. The maximum Gasteiger partial charge on any atom is 0.157 e. The molecule has 14 heavy (non-hydrogen) atoms. The average molecular weight is 230 g/mol. The number of hydrogen-bond donors (Lipinski definition) is 1. The van der Waals surface area contributed by atoms with Crippen molar-refractivity contribution in [1.29, 1.82) is 5.41 Å². The maximum atomic E-state index is 7.86. The highest BCUT2D eigenvalue weighted by Crippen LogP contribution is 2.39. The summed E-state index contributed by atoms with van der Waals surface area (Å²) in [7, 11) is 0. The summed E-state index contributed by atoms with van der Waals surface area (Å²) in [5.74, 6) is 2.39. The zero-order chi connectivity index (χ0) is 9.97. The first-order chi connectivity index (χ1) is 6.83. The second-order valence-corrected chi connectivity index (χ2v) is 6.18. The Morgan fingerprint density at radius 2 is 2.29 bits per heavy atom. The first-order valence-electron chi connectivity index (χ1n) is 5.44. The van der Waals surface area contributed by atoms with E-state index in [0.29, 0.717) is 11.4 Å². The van der Waals surface area contributed by atoms with Gasteiger partial charge in [0.15, 0.2) is 5.17 Å². The van der Waals surface area contributed by atoms with Gasteiger partial charge in [0.2, 0.25) is 0 Å². The molecule has 2 fully saturated rings. The Morgan fingerprint density at radius 3 is 3.07 bits per heavy atom. The van der Waals surface area contributed by atoms with Crippen molar-refractivity contribution in [2.75, 3.05) is 11.5 Å². The van der Waals surface area contributed by atoms with Gasteiger partial charge >= 0.3 is 0 Å². The lowest BCUT2D eigenvalue weighted by Crippen LogP contribution is -2.34. The SMILES string of the molecule is CCCCC[C@@H]1SC[C@@H]2CSC(=N)N21. The molecule has 0 radical (unpaired) electrons. The molecule has 0 aliphatic carbocycles. The van der Waals surface area contributed by atoms with Gasteiger partial charge in [0.1, 0.15) is 0 Å². The van der Waals surface area contributed by atoms with Crippen LogP contribution in [0.4, 0.5) is 0 Å². The summed E-state index contributed by atoms with van der Waals surface area (Å²) in [5.41, 5.74) is 0. The molecule has 2 aliphatic rings. The van der Waals surface area contributed by atoms with Crippen molar-refractivity contribution in [1.82, 2.24) is 4.90 Å². The summed E-state index contributed by atoms with van der Waals surface area (Å²) in [6, 6.07) is 0.670. The molecule has 0 unspecified atom stereocenters. The molecule has 2 aliphatic heterocycles. The van der Waals surface area contributed by atoms with E-state index in [1.165, 1.54) is 31.4 Å². The molecule has 0 aromatic rings. The third-order valence-corrected chi connectivity index (χ3v) is 5.35. The van der Waals surface area contributed by atoms with Crippen LogP contribution >= 0.6 is 23.5 Å². The van der Waals surface area contributed by atoms with E-state index >= 15 is 0 Å². The first kappa shape index (κ1) is 10.7. The van der Waals surface area contributed by atoms with Gasteiger partial charge in [0, 0.05) is 11.5 Å². The number of unbranched alkanes of at least 4 members (excludes halogenated alkanes) is 2. The third-order valence-electron chi connectivity index (χ3n) is 2.89. The van der Waals surface area contributed by atoms with Crippen LogP contribution in [0.25, 0.3) is 0 Å². The summed E-state index contributed by atoms with van der Waals surface area (Å²) >= 11 is 3.79. The maximum absolute atomic E-state index is 7.86. The minimum atomic E-state index is 0.619. The van der Waals surface area contributed by atoms with Gasteiger partial charge in [0.05, 0.1) is 11.4 Å². The van der Waals surface area contributed by atoms with E-state index in [2.05, 4.69) is 23.6 Å². The fourth-order valence-corrected chi connectivity index (χ4v) is 4.85. The van der Waals surface area contributed by atoms with Gasteiger partial charge in [-0.3, -0.25) is 5.41 Å². The summed E-state index contributed by atoms with van der Waals surface area (Å²) in [6.07, 6.45) is 5.25. The zero-order valence-corrected chi connectivity index (χ0v) is 10.3. The smallest absolute Gasteiger partial charge is 0.157 e. The fraction of sp³-hybridized carbons (Fsp3) is 0.900. The number of nitrogens with zero attached hydrogens (tertiary/aromatic N) is 1. The average Bonchev–Trinajstić information content (AvgIpc) is 2.72. The number of amidine groups is 1. The molecule has 0 aromatic carbocycles. The molecule has 0 saturated carbocycles. The topological polar surface area (TPSA) is 27.1 Å². The molecule has 2 saturated heterocycles. The molecule has 2 rings (SSSR count). The summed E-state index contributed by atoms with van der Waals surface area (Å²) in [6.45, 7) is 2.25. The molecular formula is C10H18N2S2. The Kier molecular flexibility index (Phi) is 3.66. The zero-order valence-electron chi connectivity index (χ0n) is 8.66. The number of rotatable bonds is 4. The number of nitrogens with one attached hydrogen (secondary N) is 1. The lowest BCUT2D eigenvalue weighted by atomic mass is 10.2. The Labute approximate surface area is 94.7 Å². The molecule has 2 nitrogen and oxygen atoms in total. The minimum Gasteiger partial charge on any atom is -0.335 e. The van der Waals surface area contributed by atoms with Crippen LogP contribution < -0.4 is 0 Å². The van der Waals surface area contributed by atoms with Crippen molar-refractivity contribution in [2.24, 2.45) is 0 Å². The van der Waals surface area contributed by atoms with Crippen LogP contribution in [0.1, 0.15) is 32.6 Å². The van der Waals surface area contributed by atoms with E-state index in [9.17, 15) is 0 Å². The molecule has 2 heterocycles. The summed E-state index contributed by atoms with van der Waals surface area (Å²) in [4.78, 5) is 2.35. The van der Waals surface area contributed by atoms with E-state index < -0.39 is 0 Å². The van der Waals surface area contributed by atoms with Crippen LogP contribution in [-0.2, 0) is 0 Å². The molecule has 1 N–H and O–H groups in total. The lowest BCUT2D eigenvalue weighted by Gasteiger charge is -2.23. The highest BCUT2D eigenvalue weighted by Gasteiger charge is 2.39. The van der Waals surface area contributed by atoms with Crippen LogP contribution in [0.3, 0.4) is 0 Å². The van der Waals surface area contributed by atoms with Crippen LogP contribution in [0.5, 0.6) is 0 Å². The third kappa shape index (κ3) is 2.06. The monoisotopic (exact) mass is 230 g/mol. The predicted octanol–water partition coefficient (Wildman–Crippen LogP) is 2.99. The molecule has 0 amide bonds. The van der Waals surface area contributed by atoms with Crippen molar-refractivity contribution in [3.63, 3.8) is 0 Å². The van der Waals surface area contributed by atoms with Crippen molar-refractivity contribution in [3.05, 3.63) is 0 Å². The van der Waals surface area contributed by atoms with Gasteiger partial charge in [0.25, 0.3) is 0 Å². The number of thioether (sulfide) groups is 2. The minimum absolute atomic E-state index is 0.619. The van der Waals surface area contributed by atoms with Gasteiger partial charge in [-0.2, -0.15) is 0 Å². The molecule has 0 spiro atoms. The van der Waals surface area contributed by atoms with Crippen LogP contribution in [0, 0.1) is 5.41 Å². The largest absolute Gasteiger partial charge is 0.335 e. The fourth-order valence-electron chi connectivity index (χ4n) is 2.08. The lowest BCUT2D eigenvalue weighted by molar-refractivity contribution is 0.355. The second kappa shape index (κ2) is 4.79. The van der Waals surface area contributed by atoms with Crippen molar-refractivity contribution < 1.29 is 0 Å². The van der Waals surface area contributed by atoms with Crippen molar-refractivity contribution in [3.8, 4) is 0 Å². The number of hydrogen-bond acceptors (Lipinski definition) is 3. The molecular weight excluding hydrogens is 212 g/mol. The summed E-state index contributed by atoms with van der Waals surface area (Å²) < 4.78 is 0. The van der Waals surface area contributed by atoms with Crippen LogP contribution in [-0.4, -0.2) is 33.0 Å². The predicted molar refractivity (Wildman–Crippen MR) is 66.2 cm³/mol. The van der Waals surface area contributed by atoms with Gasteiger partial charge in [-0.05, 0) is 6.42 Å². The van der Waals surface area contributed by atoms with Crippen molar-refractivity contribution in [2.45, 2.75) is 44.0 Å². The second-order valence-electron chi connectivity index (χ2n) is 3.96. The molecule has 2 atom stereocenters. The van der Waals surface area contributed by atoms with E-state index in [4.69, 9.17) is 5.41 Å². The normalized spacial score (nSPS) is 31.2. The Balaban J connectivity index is 1.84. The van der Waals surface area contributed by atoms with Crippen molar-refractivity contribution >= 4 is 28.7 Å². The molecule has 0 bridgehead atoms. The number of fused-ring (bicyclic) bond motifs is 1. The Bertz CT molecular complexity index is 220. The van der Waals surface area contributed by atoms with Gasteiger partial charge < -0.3 is 4.90 Å². The highest BCUT2D eigenvalue weighted by molar-refractivity contribution is 8.14. The van der Waals surface area contributed by atoms with E-state index in [-0.39, 0.29) is 0 Å². The van der Waals surface area contributed by atoms with Crippen LogP contribution in [0.2, 0.25) is 0 Å². The Morgan fingerprint density at radius 1 is 1.43 bits per heavy atom. The summed E-state index contributed by atoms with van der Waals surface area (Å²) in [5, 5.41) is 9.30. The highest BCUT2D eigenvalue weighted by atomic mass is 32.2. The van der Waals surface area contributed by atoms with Gasteiger partial charge in [-0.15, -0.1) is 11.8 Å². The van der Waals surface area contributed by atoms with E-state index in [1.807, 2.05) is 0 Å². The first-order valence-corrected chi connectivity index (χ1v) is 7.47. The van der Waals surface area contributed by atoms with E-state index in [1.54, 1.807) is 11.8 Å². The van der Waals surface area contributed by atoms with Gasteiger partial charge in [-0.1, -0.05) is 37.9 Å². The van der Waals surface area contributed by atoms with Gasteiger partial charge in [-0.25, -0.2) is 0 Å². The van der Waals surface area contributed by atoms with E-state index in [0.717, 1.165) is 10.9 Å².